The summed E-state index contributed by atoms with van der Waals surface area (Å²) >= 11 is 6.01. The smallest absolute Gasteiger partial charge is 0.315 e. The monoisotopic (exact) mass is 373 g/mol. The zero-order chi connectivity index (χ0) is 17.7. The molecule has 0 radical (unpaired) electrons. The van der Waals surface area contributed by atoms with Crippen molar-refractivity contribution in [2.45, 2.75) is 32.0 Å². The molecule has 1 aliphatic heterocycles. The lowest BCUT2D eigenvalue weighted by Crippen LogP contribution is -2.50. The number of benzene rings is 1. The van der Waals surface area contributed by atoms with Crippen LogP contribution in [0.1, 0.15) is 18.9 Å². The Kier molecular flexibility index (Phi) is 6.06. The normalized spacial score (nSPS) is 20.2. The van der Waals surface area contributed by atoms with Crippen molar-refractivity contribution in [1.29, 1.82) is 0 Å². The van der Waals surface area contributed by atoms with Crippen molar-refractivity contribution in [3.63, 3.8) is 0 Å². The highest BCUT2D eigenvalue weighted by Crippen LogP contribution is 2.14. The number of nitrogens with one attached hydrogen (secondary N) is 3. The Morgan fingerprint density at radius 1 is 1.33 bits per heavy atom. The first-order chi connectivity index (χ1) is 11.3. The molecular formula is C15H20ClN3O4S. The van der Waals surface area contributed by atoms with Crippen LogP contribution in [0.2, 0.25) is 5.02 Å². The highest BCUT2D eigenvalue weighted by atomic mass is 35.5. The molecule has 1 aromatic carbocycles. The number of urea groups is 1. The van der Waals surface area contributed by atoms with Gasteiger partial charge in [0.25, 0.3) is 0 Å². The van der Waals surface area contributed by atoms with Gasteiger partial charge < -0.3 is 16.0 Å². The second-order valence-corrected chi connectivity index (χ2v) is 8.38. The second-order valence-electron chi connectivity index (χ2n) is 5.75. The summed E-state index contributed by atoms with van der Waals surface area (Å²) in [6.45, 7) is 1.81. The second kappa shape index (κ2) is 7.85. The zero-order valence-electron chi connectivity index (χ0n) is 13.2. The molecule has 1 fully saturated rings. The standard InChI is InChI=1S/C15H20ClN3O4S/c1-10(14(20)17-8-11-4-2-3-5-13(11)16)18-15(21)19-12-6-7-24(22,23)9-12/h2-5,10,12H,6-9H2,1H3,(H,17,20)(H2,18,19,21)/t10-,12?/m1/s1. The van der Waals surface area contributed by atoms with Gasteiger partial charge in [-0.3, -0.25) is 4.79 Å². The van der Waals surface area contributed by atoms with Crippen LogP contribution in [0, 0.1) is 0 Å². The first kappa shape index (κ1) is 18.5. The van der Waals surface area contributed by atoms with Gasteiger partial charge >= 0.3 is 6.03 Å². The van der Waals surface area contributed by atoms with Gasteiger partial charge in [-0.15, -0.1) is 0 Å². The summed E-state index contributed by atoms with van der Waals surface area (Å²) in [4.78, 5) is 23.8. The Hall–Kier alpha value is -1.80. The van der Waals surface area contributed by atoms with Gasteiger partial charge in [0, 0.05) is 17.6 Å². The summed E-state index contributed by atoms with van der Waals surface area (Å²) in [5.41, 5.74) is 0.778. The predicted octanol–water partition coefficient (Wildman–Crippen LogP) is 0.831. The third kappa shape index (κ3) is 5.38. The van der Waals surface area contributed by atoms with Crippen LogP contribution in [0.15, 0.2) is 24.3 Å². The minimum Gasteiger partial charge on any atom is -0.350 e. The number of carbonyl (C=O) groups is 2. The molecule has 0 aliphatic carbocycles. The molecule has 0 bridgehead atoms. The summed E-state index contributed by atoms with van der Waals surface area (Å²) in [5, 5.41) is 8.31. The summed E-state index contributed by atoms with van der Waals surface area (Å²) in [7, 11) is -3.06. The number of hydrogen-bond acceptors (Lipinski definition) is 4. The molecule has 0 spiro atoms. The molecule has 3 N–H and O–H groups in total. The quantitative estimate of drug-likeness (QED) is 0.711. The van der Waals surface area contributed by atoms with E-state index >= 15 is 0 Å². The van der Waals surface area contributed by atoms with Crippen molar-refractivity contribution in [3.05, 3.63) is 34.9 Å². The SMILES string of the molecule is C[C@@H](NC(=O)NC1CCS(=O)(=O)C1)C(=O)NCc1ccccc1Cl. The fraction of sp³-hybridized carbons (Fsp3) is 0.467. The van der Waals surface area contributed by atoms with Gasteiger partial charge in [-0.1, -0.05) is 29.8 Å². The average molecular weight is 374 g/mol. The molecule has 132 valence electrons. The highest BCUT2D eigenvalue weighted by molar-refractivity contribution is 7.91. The molecule has 24 heavy (non-hydrogen) atoms. The van der Waals surface area contributed by atoms with Gasteiger partial charge in [0.05, 0.1) is 11.5 Å². The molecule has 1 aromatic rings. The van der Waals surface area contributed by atoms with E-state index in [2.05, 4.69) is 16.0 Å². The van der Waals surface area contributed by atoms with Crippen LogP contribution in [0.5, 0.6) is 0 Å². The third-order valence-electron chi connectivity index (χ3n) is 3.72. The summed E-state index contributed by atoms with van der Waals surface area (Å²) in [6, 6.07) is 5.42. The summed E-state index contributed by atoms with van der Waals surface area (Å²) in [5.74, 6) is -0.344. The number of sulfone groups is 1. The van der Waals surface area contributed by atoms with E-state index in [0.29, 0.717) is 11.4 Å². The molecule has 1 aliphatic rings. The van der Waals surface area contributed by atoms with E-state index in [4.69, 9.17) is 11.6 Å². The van der Waals surface area contributed by atoms with Crippen LogP contribution in [0.3, 0.4) is 0 Å². The lowest BCUT2D eigenvalue weighted by atomic mass is 10.2. The largest absolute Gasteiger partial charge is 0.350 e. The number of halogens is 1. The molecule has 0 aromatic heterocycles. The molecule has 1 unspecified atom stereocenters. The van der Waals surface area contributed by atoms with Crippen LogP contribution in [-0.4, -0.2) is 43.9 Å². The lowest BCUT2D eigenvalue weighted by Gasteiger charge is -2.17. The Balaban J connectivity index is 1.77. The molecule has 3 amide bonds. The molecular weight excluding hydrogens is 354 g/mol. The van der Waals surface area contributed by atoms with E-state index < -0.39 is 28.0 Å². The van der Waals surface area contributed by atoms with Crippen molar-refractivity contribution in [3.8, 4) is 0 Å². The topological polar surface area (TPSA) is 104 Å². The fourth-order valence-corrected chi connectivity index (χ4v) is 4.25. The maximum atomic E-state index is 12.0. The lowest BCUT2D eigenvalue weighted by molar-refractivity contribution is -0.122. The Morgan fingerprint density at radius 2 is 2.04 bits per heavy atom. The average Bonchev–Trinajstić information content (AvgIpc) is 2.84. The van der Waals surface area contributed by atoms with Gasteiger partial charge in [0.15, 0.2) is 9.84 Å². The Labute approximate surface area is 146 Å². The Morgan fingerprint density at radius 3 is 2.67 bits per heavy atom. The Bertz CT molecular complexity index is 723. The van der Waals surface area contributed by atoms with E-state index in [1.807, 2.05) is 6.07 Å². The maximum Gasteiger partial charge on any atom is 0.315 e. The first-order valence-electron chi connectivity index (χ1n) is 7.55. The molecule has 1 saturated heterocycles. The first-order valence-corrected chi connectivity index (χ1v) is 9.75. The highest BCUT2D eigenvalue weighted by Gasteiger charge is 2.29. The van der Waals surface area contributed by atoms with Gasteiger partial charge in [0.1, 0.15) is 6.04 Å². The number of rotatable bonds is 5. The molecule has 2 rings (SSSR count). The van der Waals surface area contributed by atoms with Gasteiger partial charge in [-0.25, -0.2) is 13.2 Å². The van der Waals surface area contributed by atoms with Crippen molar-refractivity contribution in [1.82, 2.24) is 16.0 Å². The minimum atomic E-state index is -3.06. The maximum absolute atomic E-state index is 12.0. The third-order valence-corrected chi connectivity index (χ3v) is 5.86. The summed E-state index contributed by atoms with van der Waals surface area (Å²) < 4.78 is 22.7. The van der Waals surface area contributed by atoms with E-state index in [1.54, 1.807) is 25.1 Å². The van der Waals surface area contributed by atoms with Crippen LogP contribution < -0.4 is 16.0 Å². The van der Waals surface area contributed by atoms with Crippen LogP contribution in [0.4, 0.5) is 4.79 Å². The van der Waals surface area contributed by atoms with Crippen molar-refractivity contribution < 1.29 is 18.0 Å². The van der Waals surface area contributed by atoms with E-state index in [-0.39, 0.29) is 24.0 Å². The van der Waals surface area contributed by atoms with Gasteiger partial charge in [-0.05, 0) is 25.0 Å². The minimum absolute atomic E-state index is 0.0620. The zero-order valence-corrected chi connectivity index (χ0v) is 14.8. The van der Waals surface area contributed by atoms with E-state index in [9.17, 15) is 18.0 Å². The molecule has 0 saturated carbocycles. The number of carbonyl (C=O) groups excluding carboxylic acids is 2. The molecule has 2 atom stereocenters. The van der Waals surface area contributed by atoms with E-state index in [1.165, 1.54) is 0 Å². The van der Waals surface area contributed by atoms with Crippen LogP contribution in [0.25, 0.3) is 0 Å². The summed E-state index contributed by atoms with van der Waals surface area (Å²) in [6.07, 6.45) is 0.392. The predicted molar refractivity (Wildman–Crippen MR) is 91.5 cm³/mol. The van der Waals surface area contributed by atoms with Crippen molar-refractivity contribution in [2.24, 2.45) is 0 Å². The van der Waals surface area contributed by atoms with Gasteiger partial charge in [-0.2, -0.15) is 0 Å². The molecule has 1 heterocycles. The molecule has 7 nitrogen and oxygen atoms in total. The van der Waals surface area contributed by atoms with E-state index in [0.717, 1.165) is 5.56 Å². The fourth-order valence-electron chi connectivity index (χ4n) is 2.38. The molecule has 9 heteroatoms. The van der Waals surface area contributed by atoms with Crippen LogP contribution in [-0.2, 0) is 21.2 Å². The van der Waals surface area contributed by atoms with Gasteiger partial charge in [0.2, 0.25) is 5.91 Å². The van der Waals surface area contributed by atoms with Crippen molar-refractivity contribution in [2.75, 3.05) is 11.5 Å². The number of amides is 3. The number of hydrogen-bond donors (Lipinski definition) is 3. The van der Waals surface area contributed by atoms with Crippen LogP contribution >= 0.6 is 11.6 Å². The van der Waals surface area contributed by atoms with Crippen molar-refractivity contribution >= 4 is 33.4 Å².